The summed E-state index contributed by atoms with van der Waals surface area (Å²) in [5.74, 6) is 0.871. The molecule has 0 radical (unpaired) electrons. The summed E-state index contributed by atoms with van der Waals surface area (Å²) in [5.41, 5.74) is 2.78. The first kappa shape index (κ1) is 19.4. The van der Waals surface area contributed by atoms with Crippen LogP contribution in [0.1, 0.15) is 11.1 Å². The first-order valence-electron chi connectivity index (χ1n) is 9.02. The highest BCUT2D eigenvalue weighted by atomic mass is 19.1. The average Bonchev–Trinajstić information content (AvgIpc) is 2.70. The molecule has 1 aromatic heterocycles. The smallest absolute Gasteiger partial charge is 0.262 e. The Balaban J connectivity index is 1.41. The molecule has 3 aromatic rings. The van der Waals surface area contributed by atoms with Crippen LogP contribution in [0.4, 0.5) is 15.9 Å². The van der Waals surface area contributed by atoms with Crippen molar-refractivity contribution in [2.75, 3.05) is 23.8 Å². The van der Waals surface area contributed by atoms with Gasteiger partial charge in [-0.3, -0.25) is 4.79 Å². The molecular weight excluding hydrogens is 357 g/mol. The highest BCUT2D eigenvalue weighted by molar-refractivity contribution is 5.91. The van der Waals surface area contributed by atoms with Gasteiger partial charge in [-0.1, -0.05) is 29.8 Å². The molecule has 1 amide bonds. The number of ether oxygens (including phenoxy) is 1. The molecule has 0 aliphatic heterocycles. The van der Waals surface area contributed by atoms with E-state index < -0.39 is 0 Å². The predicted octanol–water partition coefficient (Wildman–Crippen LogP) is 4.20. The Morgan fingerprint density at radius 2 is 1.79 bits per heavy atom. The third kappa shape index (κ3) is 6.09. The van der Waals surface area contributed by atoms with Crippen LogP contribution in [-0.4, -0.2) is 24.0 Å². The first-order chi connectivity index (χ1) is 13.6. The number of carbonyl (C=O) groups is 1. The molecule has 2 N–H and O–H groups in total. The standard InChI is InChI=1S/C22H22FN3O2/c1-16-2-9-20(10-3-16)28-15-22(27)26-19-8-11-21(25-14-19)24-13-12-17-4-6-18(23)7-5-17/h2-11,14H,12-13,15H2,1H3,(H,24,25)(H,26,27). The van der Waals surface area contributed by atoms with Crippen LogP contribution in [0.5, 0.6) is 5.75 Å². The van der Waals surface area contributed by atoms with Crippen LogP contribution >= 0.6 is 0 Å². The maximum atomic E-state index is 12.9. The zero-order valence-corrected chi connectivity index (χ0v) is 15.6. The topological polar surface area (TPSA) is 63.2 Å². The molecule has 0 spiro atoms. The summed E-state index contributed by atoms with van der Waals surface area (Å²) in [6.07, 6.45) is 2.35. The zero-order valence-electron chi connectivity index (χ0n) is 15.6. The number of hydrogen-bond donors (Lipinski definition) is 2. The van der Waals surface area contributed by atoms with E-state index >= 15 is 0 Å². The molecule has 3 rings (SSSR count). The Bertz CT molecular complexity index is 895. The summed E-state index contributed by atoms with van der Waals surface area (Å²) in [7, 11) is 0. The number of aryl methyl sites for hydroxylation is 1. The molecule has 1 heterocycles. The van der Waals surface area contributed by atoms with Gasteiger partial charge in [0.25, 0.3) is 5.91 Å². The number of anilines is 2. The Hall–Kier alpha value is -3.41. The molecule has 2 aromatic carbocycles. The fourth-order valence-electron chi connectivity index (χ4n) is 2.54. The summed E-state index contributed by atoms with van der Waals surface area (Å²) >= 11 is 0. The van der Waals surface area contributed by atoms with Gasteiger partial charge in [0, 0.05) is 6.54 Å². The Labute approximate surface area is 163 Å². The SMILES string of the molecule is Cc1ccc(OCC(=O)Nc2ccc(NCCc3ccc(F)cc3)nc2)cc1. The highest BCUT2D eigenvalue weighted by Gasteiger charge is 2.04. The molecule has 6 heteroatoms. The fourth-order valence-corrected chi connectivity index (χ4v) is 2.54. The van der Waals surface area contributed by atoms with E-state index in [9.17, 15) is 9.18 Å². The lowest BCUT2D eigenvalue weighted by atomic mass is 10.1. The highest BCUT2D eigenvalue weighted by Crippen LogP contribution is 2.13. The number of carbonyl (C=O) groups excluding carboxylic acids is 1. The number of nitrogens with zero attached hydrogens (tertiary/aromatic N) is 1. The fraction of sp³-hybridized carbons (Fsp3) is 0.182. The van der Waals surface area contributed by atoms with Crippen molar-refractivity contribution in [1.29, 1.82) is 0 Å². The molecule has 0 fully saturated rings. The van der Waals surface area contributed by atoms with E-state index in [0.29, 0.717) is 23.8 Å². The number of nitrogens with one attached hydrogen (secondary N) is 2. The minimum absolute atomic E-state index is 0.0687. The van der Waals surface area contributed by atoms with Gasteiger partial charge in [0.15, 0.2) is 6.61 Å². The lowest BCUT2D eigenvalue weighted by Gasteiger charge is -2.09. The van der Waals surface area contributed by atoms with Crippen molar-refractivity contribution in [2.24, 2.45) is 0 Å². The Morgan fingerprint density at radius 1 is 1.04 bits per heavy atom. The summed E-state index contributed by atoms with van der Waals surface area (Å²) in [6.45, 7) is 2.60. The maximum absolute atomic E-state index is 12.9. The van der Waals surface area contributed by atoms with Crippen molar-refractivity contribution in [3.05, 3.63) is 83.8 Å². The van der Waals surface area contributed by atoms with Crippen LogP contribution in [0, 0.1) is 12.7 Å². The van der Waals surface area contributed by atoms with Crippen molar-refractivity contribution < 1.29 is 13.9 Å². The second-order valence-corrected chi connectivity index (χ2v) is 6.39. The van der Waals surface area contributed by atoms with Gasteiger partial charge in [-0.25, -0.2) is 9.37 Å². The van der Waals surface area contributed by atoms with Gasteiger partial charge in [0.2, 0.25) is 0 Å². The predicted molar refractivity (Wildman–Crippen MR) is 108 cm³/mol. The molecule has 0 saturated heterocycles. The molecule has 5 nitrogen and oxygen atoms in total. The number of hydrogen-bond acceptors (Lipinski definition) is 4. The number of amides is 1. The molecular formula is C22H22FN3O2. The summed E-state index contributed by atoms with van der Waals surface area (Å²) < 4.78 is 18.3. The molecule has 0 saturated carbocycles. The van der Waals surface area contributed by atoms with Crippen LogP contribution in [0.15, 0.2) is 66.9 Å². The van der Waals surface area contributed by atoms with Crippen molar-refractivity contribution in [3.63, 3.8) is 0 Å². The van der Waals surface area contributed by atoms with E-state index in [1.54, 1.807) is 30.5 Å². The van der Waals surface area contributed by atoms with Crippen molar-refractivity contribution in [1.82, 2.24) is 4.98 Å². The van der Waals surface area contributed by atoms with E-state index in [0.717, 1.165) is 17.5 Å². The van der Waals surface area contributed by atoms with Crippen molar-refractivity contribution in [2.45, 2.75) is 13.3 Å². The van der Waals surface area contributed by atoms with Crippen molar-refractivity contribution in [3.8, 4) is 5.75 Å². The second-order valence-electron chi connectivity index (χ2n) is 6.39. The Kier molecular flexibility index (Phi) is 6.57. The zero-order chi connectivity index (χ0) is 19.8. The van der Waals surface area contributed by atoms with E-state index in [-0.39, 0.29) is 18.3 Å². The minimum Gasteiger partial charge on any atom is -0.484 e. The Morgan fingerprint density at radius 3 is 2.46 bits per heavy atom. The average molecular weight is 379 g/mol. The van der Waals surface area contributed by atoms with Gasteiger partial charge in [0.1, 0.15) is 17.4 Å². The molecule has 0 aliphatic carbocycles. The molecule has 0 unspecified atom stereocenters. The summed E-state index contributed by atoms with van der Waals surface area (Å²) in [5, 5.41) is 5.95. The second kappa shape index (κ2) is 9.50. The number of benzene rings is 2. The number of aromatic nitrogens is 1. The maximum Gasteiger partial charge on any atom is 0.262 e. The van der Waals surface area contributed by atoms with E-state index in [4.69, 9.17) is 4.74 Å². The third-order valence-corrected chi connectivity index (χ3v) is 4.07. The van der Waals surface area contributed by atoms with Crippen LogP contribution in [0.2, 0.25) is 0 Å². The normalized spacial score (nSPS) is 10.4. The van der Waals surface area contributed by atoms with E-state index in [1.807, 2.05) is 31.2 Å². The molecule has 144 valence electrons. The summed E-state index contributed by atoms with van der Waals surface area (Å²) in [4.78, 5) is 16.3. The van der Waals surface area contributed by atoms with Gasteiger partial charge in [0.05, 0.1) is 11.9 Å². The summed E-state index contributed by atoms with van der Waals surface area (Å²) in [6, 6.07) is 17.5. The van der Waals surface area contributed by atoms with Gasteiger partial charge < -0.3 is 15.4 Å². The molecule has 0 bridgehead atoms. The number of rotatable bonds is 8. The van der Waals surface area contributed by atoms with Gasteiger partial charge in [-0.05, 0) is 55.3 Å². The lowest BCUT2D eigenvalue weighted by molar-refractivity contribution is -0.118. The third-order valence-electron chi connectivity index (χ3n) is 4.07. The molecule has 0 aliphatic rings. The largest absolute Gasteiger partial charge is 0.484 e. The first-order valence-corrected chi connectivity index (χ1v) is 9.02. The molecule has 28 heavy (non-hydrogen) atoms. The van der Waals surface area contributed by atoms with Crippen molar-refractivity contribution >= 4 is 17.4 Å². The molecule has 0 atom stereocenters. The van der Waals surface area contributed by atoms with Crippen LogP contribution < -0.4 is 15.4 Å². The lowest BCUT2D eigenvalue weighted by Crippen LogP contribution is -2.20. The van der Waals surface area contributed by atoms with Crippen LogP contribution in [-0.2, 0) is 11.2 Å². The monoisotopic (exact) mass is 379 g/mol. The van der Waals surface area contributed by atoms with Crippen LogP contribution in [0.3, 0.4) is 0 Å². The van der Waals surface area contributed by atoms with E-state index in [1.165, 1.54) is 12.1 Å². The quantitative estimate of drug-likeness (QED) is 0.616. The van der Waals surface area contributed by atoms with Gasteiger partial charge >= 0.3 is 0 Å². The van der Waals surface area contributed by atoms with Gasteiger partial charge in [-0.15, -0.1) is 0 Å². The number of pyridine rings is 1. The van der Waals surface area contributed by atoms with Crippen LogP contribution in [0.25, 0.3) is 0 Å². The number of halogens is 1. The van der Waals surface area contributed by atoms with Gasteiger partial charge in [-0.2, -0.15) is 0 Å². The van der Waals surface area contributed by atoms with E-state index in [2.05, 4.69) is 15.6 Å². The minimum atomic E-state index is -0.251.